The second kappa shape index (κ2) is 5.43. The zero-order valence-electron chi connectivity index (χ0n) is 12.0. The summed E-state index contributed by atoms with van der Waals surface area (Å²) < 4.78 is 0. The van der Waals surface area contributed by atoms with Crippen LogP contribution in [0.4, 0.5) is 5.82 Å². The van der Waals surface area contributed by atoms with Gasteiger partial charge in [0.1, 0.15) is 0 Å². The van der Waals surface area contributed by atoms with Gasteiger partial charge in [-0.2, -0.15) is 0 Å². The highest BCUT2D eigenvalue weighted by Gasteiger charge is 2.30. The van der Waals surface area contributed by atoms with Gasteiger partial charge in [0, 0.05) is 29.9 Å². The minimum atomic E-state index is 0.490. The molecule has 2 aromatic rings. The molecule has 2 aliphatic rings. The molecule has 4 rings (SSSR count). The number of fused-ring (bicyclic) bond motifs is 1. The Morgan fingerprint density at radius 3 is 2.57 bits per heavy atom. The van der Waals surface area contributed by atoms with E-state index < -0.39 is 0 Å². The van der Waals surface area contributed by atoms with Crippen molar-refractivity contribution in [3.63, 3.8) is 0 Å². The zero-order valence-corrected chi connectivity index (χ0v) is 12.8. The Hall–Kier alpha value is -1.39. The summed E-state index contributed by atoms with van der Waals surface area (Å²) in [6.07, 6.45) is 3.92. The van der Waals surface area contributed by atoms with E-state index in [4.69, 9.17) is 11.6 Å². The summed E-state index contributed by atoms with van der Waals surface area (Å²) in [5.41, 5.74) is 0. The van der Waals surface area contributed by atoms with Crippen LogP contribution in [0.25, 0.3) is 10.8 Å². The van der Waals surface area contributed by atoms with E-state index >= 15 is 0 Å². The predicted octanol–water partition coefficient (Wildman–Crippen LogP) is 2.96. The SMILES string of the molecule is Clc1nnc(N2CCC(N3CCCC3)C2)c2ccccc12. The maximum absolute atomic E-state index is 6.17. The number of nitrogens with zero attached hydrogens (tertiary/aromatic N) is 4. The quantitative estimate of drug-likeness (QED) is 0.854. The first-order chi connectivity index (χ1) is 10.3. The van der Waals surface area contributed by atoms with E-state index in [0.717, 1.165) is 29.7 Å². The van der Waals surface area contributed by atoms with Crippen LogP contribution >= 0.6 is 11.6 Å². The Kier molecular flexibility index (Phi) is 3.43. The van der Waals surface area contributed by atoms with Gasteiger partial charge in [0.2, 0.25) is 0 Å². The second-order valence-electron chi connectivity index (χ2n) is 5.99. The van der Waals surface area contributed by atoms with Crippen molar-refractivity contribution < 1.29 is 0 Å². The monoisotopic (exact) mass is 302 g/mol. The highest BCUT2D eigenvalue weighted by Crippen LogP contribution is 2.31. The van der Waals surface area contributed by atoms with Crippen molar-refractivity contribution in [1.82, 2.24) is 15.1 Å². The molecule has 21 heavy (non-hydrogen) atoms. The summed E-state index contributed by atoms with van der Waals surface area (Å²) >= 11 is 6.17. The number of hydrogen-bond acceptors (Lipinski definition) is 4. The van der Waals surface area contributed by atoms with Gasteiger partial charge in [-0.05, 0) is 32.4 Å². The molecule has 1 aromatic heterocycles. The van der Waals surface area contributed by atoms with Crippen LogP contribution in [-0.2, 0) is 0 Å². The molecule has 0 spiro atoms. The summed E-state index contributed by atoms with van der Waals surface area (Å²) in [7, 11) is 0. The fraction of sp³-hybridized carbons (Fsp3) is 0.500. The van der Waals surface area contributed by atoms with Gasteiger partial charge < -0.3 is 4.90 Å². The van der Waals surface area contributed by atoms with Gasteiger partial charge in [-0.15, -0.1) is 10.2 Å². The standard InChI is InChI=1S/C16H19ClN4/c17-15-13-5-1-2-6-14(13)16(19-18-15)21-10-7-12(11-21)20-8-3-4-9-20/h1-2,5-6,12H,3-4,7-11H2. The van der Waals surface area contributed by atoms with E-state index in [9.17, 15) is 0 Å². The molecule has 2 aliphatic heterocycles. The van der Waals surface area contributed by atoms with Crippen molar-refractivity contribution in [2.75, 3.05) is 31.1 Å². The van der Waals surface area contributed by atoms with Gasteiger partial charge in [-0.3, -0.25) is 4.90 Å². The molecule has 0 bridgehead atoms. The fourth-order valence-corrected chi connectivity index (χ4v) is 3.83. The topological polar surface area (TPSA) is 32.3 Å². The summed E-state index contributed by atoms with van der Waals surface area (Å²) in [5.74, 6) is 0.983. The lowest BCUT2D eigenvalue weighted by Crippen LogP contribution is -2.35. The highest BCUT2D eigenvalue weighted by atomic mass is 35.5. The molecular weight excluding hydrogens is 284 g/mol. The first-order valence-corrected chi connectivity index (χ1v) is 8.10. The molecule has 2 saturated heterocycles. The molecule has 1 unspecified atom stereocenters. The molecule has 2 fully saturated rings. The molecule has 1 aromatic carbocycles. The largest absolute Gasteiger partial charge is 0.353 e. The third-order valence-electron chi connectivity index (χ3n) is 4.74. The Balaban J connectivity index is 1.64. The number of likely N-dealkylation sites (tertiary alicyclic amines) is 1. The number of anilines is 1. The molecule has 110 valence electrons. The van der Waals surface area contributed by atoms with Gasteiger partial charge >= 0.3 is 0 Å². The Labute approximate surface area is 129 Å². The van der Waals surface area contributed by atoms with Crippen LogP contribution in [-0.4, -0.2) is 47.3 Å². The van der Waals surface area contributed by atoms with Gasteiger partial charge in [-0.1, -0.05) is 35.9 Å². The maximum atomic E-state index is 6.17. The third kappa shape index (κ3) is 2.36. The predicted molar refractivity (Wildman–Crippen MR) is 86.0 cm³/mol. The Bertz CT molecular complexity index is 654. The fourth-order valence-electron chi connectivity index (χ4n) is 3.63. The van der Waals surface area contributed by atoms with Crippen molar-refractivity contribution in [2.24, 2.45) is 0 Å². The number of benzene rings is 1. The molecule has 0 N–H and O–H groups in total. The van der Waals surface area contributed by atoms with E-state index in [1.807, 2.05) is 18.2 Å². The lowest BCUT2D eigenvalue weighted by Gasteiger charge is -2.24. The van der Waals surface area contributed by atoms with Crippen LogP contribution in [0.3, 0.4) is 0 Å². The number of rotatable bonds is 2. The first kappa shape index (κ1) is 13.3. The minimum Gasteiger partial charge on any atom is -0.353 e. The molecule has 3 heterocycles. The molecule has 0 radical (unpaired) electrons. The molecule has 1 atom stereocenters. The molecule has 4 nitrogen and oxygen atoms in total. The number of hydrogen-bond donors (Lipinski definition) is 0. The van der Waals surface area contributed by atoms with Crippen LogP contribution in [0.2, 0.25) is 5.15 Å². The van der Waals surface area contributed by atoms with Crippen LogP contribution in [0.1, 0.15) is 19.3 Å². The number of halogens is 1. The lowest BCUT2D eigenvalue weighted by atomic mass is 10.2. The summed E-state index contributed by atoms with van der Waals surface area (Å²) in [4.78, 5) is 5.00. The van der Waals surface area contributed by atoms with Gasteiger partial charge in [0.25, 0.3) is 0 Å². The third-order valence-corrected chi connectivity index (χ3v) is 5.02. The van der Waals surface area contributed by atoms with E-state index in [1.165, 1.54) is 32.4 Å². The Morgan fingerprint density at radius 2 is 1.76 bits per heavy atom. The minimum absolute atomic E-state index is 0.490. The van der Waals surface area contributed by atoms with Crippen molar-refractivity contribution in [2.45, 2.75) is 25.3 Å². The van der Waals surface area contributed by atoms with Crippen molar-refractivity contribution in [3.8, 4) is 0 Å². The van der Waals surface area contributed by atoms with Gasteiger partial charge in [0.15, 0.2) is 11.0 Å². The zero-order chi connectivity index (χ0) is 14.2. The van der Waals surface area contributed by atoms with Crippen LogP contribution in [0, 0.1) is 0 Å². The summed E-state index contributed by atoms with van der Waals surface area (Å²) in [6, 6.07) is 8.82. The highest BCUT2D eigenvalue weighted by molar-refractivity contribution is 6.34. The smallest absolute Gasteiger partial charge is 0.159 e. The van der Waals surface area contributed by atoms with E-state index in [-0.39, 0.29) is 0 Å². The van der Waals surface area contributed by atoms with Crippen LogP contribution in [0.5, 0.6) is 0 Å². The van der Waals surface area contributed by atoms with Crippen LogP contribution < -0.4 is 4.90 Å². The van der Waals surface area contributed by atoms with E-state index in [2.05, 4.69) is 26.1 Å². The molecule has 5 heteroatoms. The maximum Gasteiger partial charge on any atom is 0.159 e. The first-order valence-electron chi connectivity index (χ1n) is 7.73. The molecule has 0 aliphatic carbocycles. The van der Waals surface area contributed by atoms with Crippen molar-refractivity contribution in [1.29, 1.82) is 0 Å². The lowest BCUT2D eigenvalue weighted by molar-refractivity contribution is 0.260. The normalized spacial score (nSPS) is 23.3. The van der Waals surface area contributed by atoms with Crippen LogP contribution in [0.15, 0.2) is 24.3 Å². The van der Waals surface area contributed by atoms with Gasteiger partial charge in [-0.25, -0.2) is 0 Å². The van der Waals surface area contributed by atoms with Crippen molar-refractivity contribution >= 4 is 28.2 Å². The van der Waals surface area contributed by atoms with Crippen molar-refractivity contribution in [3.05, 3.63) is 29.4 Å². The molecule has 0 amide bonds. The van der Waals surface area contributed by atoms with E-state index in [0.29, 0.717) is 11.2 Å². The summed E-state index contributed by atoms with van der Waals surface area (Å²) in [5, 5.41) is 11.1. The van der Waals surface area contributed by atoms with Gasteiger partial charge in [0.05, 0.1) is 0 Å². The second-order valence-corrected chi connectivity index (χ2v) is 6.35. The molecular formula is C16H19ClN4. The average molecular weight is 303 g/mol. The Morgan fingerprint density at radius 1 is 1.00 bits per heavy atom. The number of aromatic nitrogens is 2. The average Bonchev–Trinajstić information content (AvgIpc) is 3.19. The molecule has 0 saturated carbocycles. The summed E-state index contributed by atoms with van der Waals surface area (Å²) in [6.45, 7) is 4.62. The van der Waals surface area contributed by atoms with E-state index in [1.54, 1.807) is 0 Å².